The summed E-state index contributed by atoms with van der Waals surface area (Å²) in [5.41, 5.74) is 5.19. The van der Waals surface area contributed by atoms with Gasteiger partial charge in [0.25, 0.3) is 0 Å². The van der Waals surface area contributed by atoms with Crippen molar-refractivity contribution < 1.29 is 9.21 Å². The number of primary amides is 1. The summed E-state index contributed by atoms with van der Waals surface area (Å²) in [7, 11) is 1.72. The van der Waals surface area contributed by atoms with Crippen LogP contribution in [0.1, 0.15) is 5.76 Å². The van der Waals surface area contributed by atoms with E-state index in [1.807, 2.05) is 13.0 Å². The van der Waals surface area contributed by atoms with Crippen molar-refractivity contribution in [2.45, 2.75) is 17.9 Å². The molecule has 0 bridgehead atoms. The van der Waals surface area contributed by atoms with Crippen molar-refractivity contribution in [2.75, 3.05) is 12.8 Å². The van der Waals surface area contributed by atoms with Crippen molar-refractivity contribution >= 4 is 17.7 Å². The molecule has 1 heterocycles. The topological polar surface area (TPSA) is 68.3 Å². The molecule has 0 saturated heterocycles. The van der Waals surface area contributed by atoms with Gasteiger partial charge in [0.05, 0.1) is 12.3 Å². The third kappa shape index (κ3) is 2.78. The van der Waals surface area contributed by atoms with Crippen LogP contribution in [0, 0.1) is 6.92 Å². The lowest BCUT2D eigenvalue weighted by Gasteiger charge is -2.10. The third-order valence-electron chi connectivity index (χ3n) is 1.91. The second-order valence-electron chi connectivity index (χ2n) is 2.90. The summed E-state index contributed by atoms with van der Waals surface area (Å²) >= 11 is 1.56. The molecular weight excluding hydrogens is 200 g/mol. The molecule has 0 aliphatic heterocycles. The van der Waals surface area contributed by atoms with Gasteiger partial charge in [0.15, 0.2) is 0 Å². The Morgan fingerprint density at radius 1 is 1.79 bits per heavy atom. The highest BCUT2D eigenvalue weighted by Crippen LogP contribution is 2.23. The number of aryl methyl sites for hydroxylation is 1. The first kappa shape index (κ1) is 11.1. The van der Waals surface area contributed by atoms with E-state index < -0.39 is 0 Å². The lowest BCUT2D eigenvalue weighted by atomic mass is 10.3. The van der Waals surface area contributed by atoms with Crippen LogP contribution >= 0.6 is 11.8 Å². The first-order valence-corrected chi connectivity index (χ1v) is 5.27. The molecule has 0 aromatic carbocycles. The Morgan fingerprint density at radius 2 is 2.50 bits per heavy atom. The lowest BCUT2D eigenvalue weighted by Crippen LogP contribution is -2.41. The molecule has 5 heteroatoms. The number of hydrogen-bond donors (Lipinski definition) is 2. The summed E-state index contributed by atoms with van der Waals surface area (Å²) in [6.07, 6.45) is 1.64. The Labute approximate surface area is 87.2 Å². The average Bonchev–Trinajstić information content (AvgIpc) is 2.52. The number of furan rings is 1. The fourth-order valence-electron chi connectivity index (χ4n) is 1.00. The zero-order valence-electron chi connectivity index (χ0n) is 8.24. The molecule has 1 unspecified atom stereocenters. The minimum Gasteiger partial charge on any atom is -0.468 e. The molecule has 1 atom stereocenters. The van der Waals surface area contributed by atoms with Gasteiger partial charge in [0, 0.05) is 10.6 Å². The van der Waals surface area contributed by atoms with E-state index in [0.29, 0.717) is 5.75 Å². The average molecular weight is 214 g/mol. The smallest absolute Gasteiger partial charge is 0.235 e. The Kier molecular flexibility index (Phi) is 4.03. The molecule has 78 valence electrons. The minimum absolute atomic E-state index is 0.297. The van der Waals surface area contributed by atoms with Gasteiger partial charge < -0.3 is 15.5 Å². The predicted octanol–water partition coefficient (Wildman–Crippen LogP) is 0.753. The maximum Gasteiger partial charge on any atom is 0.235 e. The van der Waals surface area contributed by atoms with Crippen LogP contribution in [-0.4, -0.2) is 24.7 Å². The maximum absolute atomic E-state index is 10.9. The standard InChI is InChI=1S/C9H14N2O2S/c1-6-8(3-4-13-6)14-5-7(11-2)9(10)12/h3-4,7,11H,5H2,1-2H3,(H2,10,12). The Morgan fingerprint density at radius 3 is 2.93 bits per heavy atom. The number of nitrogens with two attached hydrogens (primary N) is 1. The van der Waals surface area contributed by atoms with Gasteiger partial charge >= 0.3 is 0 Å². The van der Waals surface area contributed by atoms with Crippen LogP contribution in [-0.2, 0) is 4.79 Å². The van der Waals surface area contributed by atoms with E-state index in [2.05, 4.69) is 5.32 Å². The second kappa shape index (κ2) is 5.07. The number of likely N-dealkylation sites (N-methyl/N-ethyl adjacent to an activating group) is 1. The number of nitrogens with one attached hydrogen (secondary N) is 1. The number of carbonyl (C=O) groups is 1. The Bertz CT molecular complexity index is 312. The van der Waals surface area contributed by atoms with E-state index >= 15 is 0 Å². The number of carbonyl (C=O) groups excluding carboxylic acids is 1. The summed E-state index contributed by atoms with van der Waals surface area (Å²) in [4.78, 5) is 11.9. The fraction of sp³-hybridized carbons (Fsp3) is 0.444. The van der Waals surface area contributed by atoms with Crippen molar-refractivity contribution in [3.05, 3.63) is 18.1 Å². The zero-order valence-corrected chi connectivity index (χ0v) is 9.06. The molecule has 1 aromatic rings. The van der Waals surface area contributed by atoms with Gasteiger partial charge in [-0.2, -0.15) is 0 Å². The summed E-state index contributed by atoms with van der Waals surface area (Å²) in [6, 6.07) is 1.59. The Hall–Kier alpha value is -0.940. The van der Waals surface area contributed by atoms with Crippen LogP contribution in [0.15, 0.2) is 21.6 Å². The largest absolute Gasteiger partial charge is 0.468 e. The van der Waals surface area contributed by atoms with E-state index in [-0.39, 0.29) is 11.9 Å². The molecule has 0 spiro atoms. The summed E-state index contributed by atoms with van der Waals surface area (Å²) in [6.45, 7) is 1.89. The van der Waals surface area contributed by atoms with Crippen molar-refractivity contribution in [3.8, 4) is 0 Å². The van der Waals surface area contributed by atoms with Gasteiger partial charge in [-0.05, 0) is 20.0 Å². The van der Waals surface area contributed by atoms with Crippen LogP contribution in [0.25, 0.3) is 0 Å². The third-order valence-corrected chi connectivity index (χ3v) is 3.14. The molecule has 1 amide bonds. The molecule has 1 aromatic heterocycles. The van der Waals surface area contributed by atoms with Crippen LogP contribution < -0.4 is 11.1 Å². The summed E-state index contributed by atoms with van der Waals surface area (Å²) in [5.74, 6) is 1.15. The first-order chi connectivity index (χ1) is 6.65. The van der Waals surface area contributed by atoms with Crippen molar-refractivity contribution in [2.24, 2.45) is 5.73 Å². The van der Waals surface area contributed by atoms with Gasteiger partial charge in [-0.15, -0.1) is 11.8 Å². The number of rotatable bonds is 5. The minimum atomic E-state index is -0.332. The quantitative estimate of drug-likeness (QED) is 0.710. The van der Waals surface area contributed by atoms with Crippen molar-refractivity contribution in [1.29, 1.82) is 0 Å². The molecular formula is C9H14N2O2S. The summed E-state index contributed by atoms with van der Waals surface area (Å²) < 4.78 is 5.13. The van der Waals surface area contributed by atoms with Crippen molar-refractivity contribution in [3.63, 3.8) is 0 Å². The van der Waals surface area contributed by atoms with Gasteiger partial charge in [0.1, 0.15) is 5.76 Å². The van der Waals surface area contributed by atoms with Gasteiger partial charge in [-0.1, -0.05) is 0 Å². The van der Waals surface area contributed by atoms with E-state index in [1.165, 1.54) is 0 Å². The summed E-state index contributed by atoms with van der Waals surface area (Å²) in [5, 5.41) is 2.86. The van der Waals surface area contributed by atoms with E-state index in [0.717, 1.165) is 10.7 Å². The van der Waals surface area contributed by atoms with Crippen LogP contribution in [0.5, 0.6) is 0 Å². The van der Waals surface area contributed by atoms with Crippen LogP contribution in [0.4, 0.5) is 0 Å². The van der Waals surface area contributed by atoms with Gasteiger partial charge in [0.2, 0.25) is 5.91 Å². The SMILES string of the molecule is CNC(CSc1ccoc1C)C(N)=O. The van der Waals surface area contributed by atoms with Gasteiger partial charge in [-0.3, -0.25) is 4.79 Å². The first-order valence-electron chi connectivity index (χ1n) is 4.28. The molecule has 0 radical (unpaired) electrons. The molecule has 0 aliphatic carbocycles. The monoisotopic (exact) mass is 214 g/mol. The lowest BCUT2D eigenvalue weighted by molar-refractivity contribution is -0.119. The highest BCUT2D eigenvalue weighted by Gasteiger charge is 2.13. The molecule has 0 aliphatic rings. The van der Waals surface area contributed by atoms with Gasteiger partial charge in [-0.25, -0.2) is 0 Å². The molecule has 3 N–H and O–H groups in total. The second-order valence-corrected chi connectivity index (χ2v) is 3.96. The number of hydrogen-bond acceptors (Lipinski definition) is 4. The molecule has 4 nitrogen and oxygen atoms in total. The highest BCUT2D eigenvalue weighted by atomic mass is 32.2. The maximum atomic E-state index is 10.9. The molecule has 14 heavy (non-hydrogen) atoms. The molecule has 0 saturated carbocycles. The van der Waals surface area contributed by atoms with Crippen LogP contribution in [0.2, 0.25) is 0 Å². The van der Waals surface area contributed by atoms with E-state index in [4.69, 9.17) is 10.2 Å². The van der Waals surface area contributed by atoms with E-state index in [9.17, 15) is 4.79 Å². The Balaban J connectivity index is 2.47. The molecule has 1 rings (SSSR count). The predicted molar refractivity (Wildman–Crippen MR) is 56.2 cm³/mol. The number of amides is 1. The highest BCUT2D eigenvalue weighted by molar-refractivity contribution is 7.99. The van der Waals surface area contributed by atoms with Crippen molar-refractivity contribution in [1.82, 2.24) is 5.32 Å². The fourth-order valence-corrected chi connectivity index (χ4v) is 2.08. The van der Waals surface area contributed by atoms with Crippen LogP contribution in [0.3, 0.4) is 0 Å². The van der Waals surface area contributed by atoms with E-state index in [1.54, 1.807) is 25.1 Å². The normalized spacial score (nSPS) is 12.7. The molecule has 0 fully saturated rings. The zero-order chi connectivity index (χ0) is 10.6. The number of thioether (sulfide) groups is 1.